The number of halogens is 3. The lowest BCUT2D eigenvalue weighted by Gasteiger charge is -2.26. The van der Waals surface area contributed by atoms with Crippen LogP contribution in [0.15, 0.2) is 0 Å². The van der Waals surface area contributed by atoms with E-state index in [1.165, 1.54) is 0 Å². The predicted molar refractivity (Wildman–Crippen MR) is 47.8 cm³/mol. The number of rotatable bonds is 1. The topological polar surface area (TPSA) is 169 Å². The van der Waals surface area contributed by atoms with Gasteiger partial charge in [-0.3, -0.25) is 0 Å². The largest absolute Gasteiger partial charge is 0.542 e. The van der Waals surface area contributed by atoms with Gasteiger partial charge in [-0.05, 0) is 0 Å². The summed E-state index contributed by atoms with van der Waals surface area (Å²) in [5.41, 5.74) is 1.31. The lowest BCUT2D eigenvalue weighted by molar-refractivity contribution is -0.450. The molecular weight excluding hydrogens is 279 g/mol. The molecule has 0 spiro atoms. The Bertz CT molecular complexity index is 310. The first-order chi connectivity index (χ1) is 8.39. The number of alkyl halides is 3. The average Bonchev–Trinajstić information content (AvgIpc) is 2.45. The second-order valence-electron chi connectivity index (χ2n) is 3.98. The molecule has 11 heteroatoms. The van der Waals surface area contributed by atoms with Crippen LogP contribution < -0.4 is 10.8 Å². The van der Waals surface area contributed by atoms with E-state index in [2.05, 4.69) is 5.73 Å². The molecule has 0 aromatic carbocycles. The zero-order chi connectivity index (χ0) is 15.6. The second-order valence-corrected chi connectivity index (χ2v) is 3.98. The number of quaternary nitrogens is 1. The summed E-state index contributed by atoms with van der Waals surface area (Å²) in [5.74, 6) is -3.01. The number of carboxylic acid groups (broad SMARTS) is 1. The number of carbonyl (C=O) groups is 1. The minimum atomic E-state index is -5.19. The van der Waals surface area contributed by atoms with Crippen LogP contribution in [0.2, 0.25) is 0 Å². The van der Waals surface area contributed by atoms with Gasteiger partial charge in [-0.15, -0.1) is 0 Å². The van der Waals surface area contributed by atoms with Crippen molar-refractivity contribution in [2.75, 3.05) is 6.61 Å². The minimum absolute atomic E-state index is 0.807. The fourth-order valence-electron chi connectivity index (χ4n) is 1.45. The molecule has 114 valence electrons. The lowest BCUT2D eigenvalue weighted by Crippen LogP contribution is -2.70. The molecule has 0 amide bonds. The third-order valence-electron chi connectivity index (χ3n) is 2.68. The summed E-state index contributed by atoms with van der Waals surface area (Å²) in [6, 6.07) is -0.892. The standard InChI is InChI=1S/C6H13NO5.C2HF3O2/c7-2-3(9)5(11)6(12,1-8)4(2)10;3-2(4,5)1(6)7/h2-5,8-12H,1,7H2;(H,6,7)/t2-,3-,4+,5+,6+;/m1./s1. The molecule has 1 rings (SSSR count). The van der Waals surface area contributed by atoms with Gasteiger partial charge in [0.15, 0.2) is 0 Å². The molecule has 8 nitrogen and oxygen atoms in total. The molecule has 1 saturated carbocycles. The van der Waals surface area contributed by atoms with E-state index in [9.17, 15) is 28.5 Å². The molecule has 0 unspecified atom stereocenters. The van der Waals surface area contributed by atoms with Gasteiger partial charge in [0.05, 0.1) is 6.61 Å². The van der Waals surface area contributed by atoms with E-state index in [0.717, 1.165) is 0 Å². The number of aliphatic carboxylic acids is 1. The summed E-state index contributed by atoms with van der Waals surface area (Å²) < 4.78 is 31.5. The van der Waals surface area contributed by atoms with Gasteiger partial charge in [-0.25, -0.2) is 0 Å². The van der Waals surface area contributed by atoms with Crippen LogP contribution in [0.3, 0.4) is 0 Å². The summed E-state index contributed by atoms with van der Waals surface area (Å²) in [6.07, 6.45) is -9.47. The highest BCUT2D eigenvalue weighted by molar-refractivity contribution is 5.70. The fraction of sp³-hybridized carbons (Fsp3) is 0.875. The zero-order valence-corrected chi connectivity index (χ0v) is 9.41. The number of hydrogen-bond acceptors (Lipinski definition) is 7. The van der Waals surface area contributed by atoms with Crippen molar-refractivity contribution in [3.8, 4) is 0 Å². The molecule has 1 aliphatic rings. The van der Waals surface area contributed by atoms with Crippen molar-refractivity contribution >= 4 is 5.97 Å². The SMILES string of the molecule is O=C([O-])C(F)(F)F.[NH3+][C@@H]1[C@@H](O)[C@H](O)[C@](O)(CO)[C@H]1O. The molecule has 8 N–H and O–H groups in total. The highest BCUT2D eigenvalue weighted by atomic mass is 19.4. The Kier molecular flexibility index (Phi) is 5.67. The van der Waals surface area contributed by atoms with Gasteiger partial charge in [0.1, 0.15) is 35.9 Å². The van der Waals surface area contributed by atoms with Gasteiger partial charge < -0.3 is 41.2 Å². The summed E-state index contributed by atoms with van der Waals surface area (Å²) >= 11 is 0. The number of aliphatic hydroxyl groups excluding tert-OH is 4. The predicted octanol–water partition coefficient (Wildman–Crippen LogP) is -5.28. The molecule has 0 aromatic rings. The Morgan fingerprint density at radius 2 is 1.63 bits per heavy atom. The molecule has 0 radical (unpaired) electrons. The van der Waals surface area contributed by atoms with Crippen molar-refractivity contribution in [1.82, 2.24) is 0 Å². The monoisotopic (exact) mass is 293 g/mol. The quantitative estimate of drug-likeness (QED) is 0.280. The molecule has 0 aromatic heterocycles. The Labute approximate surface area is 104 Å². The van der Waals surface area contributed by atoms with Crippen molar-refractivity contribution in [2.24, 2.45) is 0 Å². The van der Waals surface area contributed by atoms with E-state index in [1.807, 2.05) is 0 Å². The highest BCUT2D eigenvalue weighted by Gasteiger charge is 2.59. The minimum Gasteiger partial charge on any atom is -0.542 e. The third kappa shape index (κ3) is 3.75. The van der Waals surface area contributed by atoms with Gasteiger partial charge in [-0.1, -0.05) is 0 Å². The molecule has 1 fully saturated rings. The third-order valence-corrected chi connectivity index (χ3v) is 2.68. The molecule has 19 heavy (non-hydrogen) atoms. The van der Waals surface area contributed by atoms with Gasteiger partial charge in [0, 0.05) is 0 Å². The highest BCUT2D eigenvalue weighted by Crippen LogP contribution is 2.28. The molecule has 0 aliphatic heterocycles. The Hall–Kier alpha value is -0.980. The average molecular weight is 293 g/mol. The van der Waals surface area contributed by atoms with Crippen molar-refractivity contribution < 1.29 is 54.3 Å². The zero-order valence-electron chi connectivity index (χ0n) is 9.41. The Balaban J connectivity index is 0.000000399. The van der Waals surface area contributed by atoms with Crippen molar-refractivity contribution in [3.63, 3.8) is 0 Å². The summed E-state index contributed by atoms with van der Waals surface area (Å²) in [5, 5.41) is 54.5. The van der Waals surface area contributed by atoms with Crippen molar-refractivity contribution in [2.45, 2.75) is 36.1 Å². The number of hydrogen-bond donors (Lipinski definition) is 6. The molecule has 5 atom stereocenters. The molecule has 1 aliphatic carbocycles. The van der Waals surface area contributed by atoms with Gasteiger partial charge in [0.25, 0.3) is 0 Å². The normalized spacial score (nSPS) is 38.6. The number of aliphatic hydroxyl groups is 5. The van der Waals surface area contributed by atoms with Crippen LogP contribution in [-0.2, 0) is 4.79 Å². The Morgan fingerprint density at radius 3 is 1.74 bits per heavy atom. The summed E-state index contributed by atoms with van der Waals surface area (Å²) in [4.78, 5) is 8.78. The van der Waals surface area contributed by atoms with Crippen LogP contribution in [0, 0.1) is 0 Å². The number of carbonyl (C=O) groups excluding carboxylic acids is 1. The van der Waals surface area contributed by atoms with Gasteiger partial charge >= 0.3 is 6.18 Å². The van der Waals surface area contributed by atoms with Crippen LogP contribution in [0.5, 0.6) is 0 Å². The van der Waals surface area contributed by atoms with E-state index in [-0.39, 0.29) is 0 Å². The van der Waals surface area contributed by atoms with Gasteiger partial charge in [-0.2, -0.15) is 13.2 Å². The molecular formula is C8H14F3NO7. The smallest absolute Gasteiger partial charge is 0.430 e. The summed E-state index contributed by atoms with van der Waals surface area (Å²) in [6.45, 7) is -0.807. The maximum Gasteiger partial charge on any atom is 0.430 e. The van der Waals surface area contributed by atoms with Crippen molar-refractivity contribution in [3.05, 3.63) is 0 Å². The first-order valence-corrected chi connectivity index (χ1v) is 4.88. The van der Waals surface area contributed by atoms with Crippen LogP contribution in [0.4, 0.5) is 13.2 Å². The molecule has 0 saturated heterocycles. The van der Waals surface area contributed by atoms with Crippen LogP contribution >= 0.6 is 0 Å². The van der Waals surface area contributed by atoms with Crippen LogP contribution in [-0.4, -0.2) is 74.2 Å². The first-order valence-electron chi connectivity index (χ1n) is 4.88. The van der Waals surface area contributed by atoms with E-state index in [4.69, 9.17) is 20.1 Å². The molecule has 0 bridgehead atoms. The number of carboxylic acids is 1. The van der Waals surface area contributed by atoms with Gasteiger partial charge in [0.2, 0.25) is 0 Å². The maximum absolute atomic E-state index is 10.5. The summed E-state index contributed by atoms with van der Waals surface area (Å²) in [7, 11) is 0. The van der Waals surface area contributed by atoms with E-state index < -0.39 is 48.7 Å². The van der Waals surface area contributed by atoms with E-state index in [0.29, 0.717) is 0 Å². The maximum atomic E-state index is 10.5. The van der Waals surface area contributed by atoms with Crippen LogP contribution in [0.1, 0.15) is 0 Å². The fourth-order valence-corrected chi connectivity index (χ4v) is 1.45. The van der Waals surface area contributed by atoms with E-state index >= 15 is 0 Å². The van der Waals surface area contributed by atoms with Crippen LogP contribution in [0.25, 0.3) is 0 Å². The first kappa shape index (κ1) is 18.0. The van der Waals surface area contributed by atoms with Crippen molar-refractivity contribution in [1.29, 1.82) is 0 Å². The molecule has 0 heterocycles. The lowest BCUT2D eigenvalue weighted by atomic mass is 9.98. The second kappa shape index (κ2) is 5.98. The van der Waals surface area contributed by atoms with E-state index in [1.54, 1.807) is 0 Å². The Morgan fingerprint density at radius 1 is 1.26 bits per heavy atom.